The molecule has 0 fully saturated rings. The van der Waals surface area contributed by atoms with Crippen molar-refractivity contribution in [1.29, 1.82) is 0 Å². The van der Waals surface area contributed by atoms with Crippen LogP contribution < -0.4 is 15.5 Å². The van der Waals surface area contributed by atoms with Gasteiger partial charge in [-0.3, -0.25) is 0 Å². The Hall–Kier alpha value is -2.79. The fourth-order valence-corrected chi connectivity index (χ4v) is 2.54. The lowest BCUT2D eigenvalue weighted by Gasteiger charge is -2.16. The zero-order valence-corrected chi connectivity index (χ0v) is 14.1. The Balaban J connectivity index is 1.89. The first kappa shape index (κ1) is 16.1. The topological polar surface area (TPSA) is 57.3 Å². The van der Waals surface area contributed by atoms with Crippen molar-refractivity contribution in [3.8, 4) is 0 Å². The van der Waals surface area contributed by atoms with Crippen molar-refractivity contribution < 1.29 is 4.79 Å². The highest BCUT2D eigenvalue weighted by Gasteiger charge is 2.10. The number of amides is 2. The van der Waals surface area contributed by atoms with Crippen molar-refractivity contribution in [2.24, 2.45) is 0 Å². The van der Waals surface area contributed by atoms with Crippen molar-refractivity contribution in [3.63, 3.8) is 0 Å². The van der Waals surface area contributed by atoms with Gasteiger partial charge < -0.3 is 15.5 Å². The van der Waals surface area contributed by atoms with E-state index in [0.717, 1.165) is 16.7 Å². The number of para-hydroxylation sites is 1. The smallest absolute Gasteiger partial charge is 0.323 e. The minimum atomic E-state index is -0.335. The third kappa shape index (κ3) is 3.58. The summed E-state index contributed by atoms with van der Waals surface area (Å²) in [5.74, 6) is 0.770. The van der Waals surface area contributed by atoms with Crippen LogP contribution in [0.5, 0.6) is 0 Å². The Morgan fingerprint density at radius 3 is 2.58 bits per heavy atom. The fourth-order valence-electron chi connectivity index (χ4n) is 2.34. The van der Waals surface area contributed by atoms with Gasteiger partial charge in [0.25, 0.3) is 0 Å². The van der Waals surface area contributed by atoms with Crippen LogP contribution in [0, 0.1) is 0 Å². The average molecular weight is 341 g/mol. The largest absolute Gasteiger partial charge is 0.363 e. The van der Waals surface area contributed by atoms with Gasteiger partial charge in [0.05, 0.1) is 11.2 Å². The summed E-state index contributed by atoms with van der Waals surface area (Å²) in [4.78, 5) is 18.8. The maximum Gasteiger partial charge on any atom is 0.323 e. The third-order valence-corrected chi connectivity index (χ3v) is 3.73. The number of urea groups is 1. The van der Waals surface area contributed by atoms with Gasteiger partial charge in [0.1, 0.15) is 5.82 Å². The Morgan fingerprint density at radius 2 is 1.83 bits per heavy atom. The van der Waals surface area contributed by atoms with Crippen LogP contribution in [0.15, 0.2) is 54.6 Å². The first-order valence-corrected chi connectivity index (χ1v) is 7.81. The van der Waals surface area contributed by atoms with Crippen molar-refractivity contribution in [3.05, 3.63) is 59.6 Å². The molecule has 5 nitrogen and oxygen atoms in total. The fraction of sp³-hybridized carbons (Fsp3) is 0.111. The summed E-state index contributed by atoms with van der Waals surface area (Å²) in [6.07, 6.45) is 0. The molecule has 2 amide bonds. The molecule has 0 aliphatic heterocycles. The number of carbonyl (C=O) groups is 1. The van der Waals surface area contributed by atoms with Crippen LogP contribution in [0.1, 0.15) is 0 Å². The molecule has 0 bridgehead atoms. The molecule has 0 unspecified atom stereocenters. The highest BCUT2D eigenvalue weighted by atomic mass is 35.5. The molecule has 122 valence electrons. The molecule has 2 N–H and O–H groups in total. The van der Waals surface area contributed by atoms with E-state index in [4.69, 9.17) is 11.6 Å². The summed E-state index contributed by atoms with van der Waals surface area (Å²) in [5.41, 5.74) is 2.15. The summed E-state index contributed by atoms with van der Waals surface area (Å²) in [5, 5.41) is 7.11. The maximum atomic E-state index is 12.3. The lowest BCUT2D eigenvalue weighted by atomic mass is 10.2. The molecular formula is C18H17ClN4O. The van der Waals surface area contributed by atoms with Crippen LogP contribution in [0.25, 0.3) is 10.9 Å². The number of benzene rings is 2. The van der Waals surface area contributed by atoms with E-state index in [1.54, 1.807) is 24.3 Å². The molecule has 0 saturated carbocycles. The van der Waals surface area contributed by atoms with Gasteiger partial charge in [-0.05, 0) is 24.3 Å². The van der Waals surface area contributed by atoms with Gasteiger partial charge in [0.2, 0.25) is 0 Å². The molecule has 0 saturated heterocycles. The lowest BCUT2D eigenvalue weighted by molar-refractivity contribution is 0.262. The predicted molar refractivity (Wildman–Crippen MR) is 100 cm³/mol. The van der Waals surface area contributed by atoms with Crippen molar-refractivity contribution in [2.45, 2.75) is 0 Å². The predicted octanol–water partition coefficient (Wildman–Crippen LogP) is 4.60. The van der Waals surface area contributed by atoms with E-state index in [-0.39, 0.29) is 6.03 Å². The van der Waals surface area contributed by atoms with E-state index < -0.39 is 0 Å². The second-order valence-corrected chi connectivity index (χ2v) is 5.97. The van der Waals surface area contributed by atoms with Crippen LogP contribution in [-0.2, 0) is 0 Å². The first-order valence-electron chi connectivity index (χ1n) is 7.43. The molecule has 3 aromatic rings. The van der Waals surface area contributed by atoms with E-state index in [1.807, 2.05) is 49.3 Å². The normalized spacial score (nSPS) is 10.5. The Morgan fingerprint density at radius 1 is 1.04 bits per heavy atom. The summed E-state index contributed by atoms with van der Waals surface area (Å²) < 4.78 is 0. The maximum absolute atomic E-state index is 12.3. The second kappa shape index (κ2) is 6.76. The number of hydrogen-bond acceptors (Lipinski definition) is 3. The molecule has 6 heteroatoms. The minimum Gasteiger partial charge on any atom is -0.363 e. The van der Waals surface area contributed by atoms with Gasteiger partial charge in [0, 0.05) is 36.3 Å². The van der Waals surface area contributed by atoms with Gasteiger partial charge >= 0.3 is 6.03 Å². The minimum absolute atomic E-state index is 0.335. The van der Waals surface area contributed by atoms with Gasteiger partial charge in [-0.25, -0.2) is 9.78 Å². The zero-order valence-electron chi connectivity index (χ0n) is 13.4. The summed E-state index contributed by atoms with van der Waals surface area (Å²) >= 11 is 5.94. The van der Waals surface area contributed by atoms with Crippen LogP contribution >= 0.6 is 11.6 Å². The number of carbonyl (C=O) groups excluding carboxylic acids is 1. The number of aromatic nitrogens is 1. The molecule has 0 radical (unpaired) electrons. The average Bonchev–Trinajstić information content (AvgIpc) is 2.54. The van der Waals surface area contributed by atoms with Crippen molar-refractivity contribution in [2.75, 3.05) is 29.6 Å². The number of nitrogens with zero attached hydrogens (tertiary/aromatic N) is 2. The van der Waals surface area contributed by atoms with Crippen LogP contribution in [0.2, 0.25) is 5.02 Å². The lowest BCUT2D eigenvalue weighted by Crippen LogP contribution is -2.20. The number of nitrogens with one attached hydrogen (secondary N) is 2. The van der Waals surface area contributed by atoms with E-state index in [2.05, 4.69) is 15.6 Å². The van der Waals surface area contributed by atoms with Crippen LogP contribution in [0.3, 0.4) is 0 Å². The molecule has 0 aliphatic carbocycles. The summed E-state index contributed by atoms with van der Waals surface area (Å²) in [6, 6.07) is 16.2. The second-order valence-electron chi connectivity index (χ2n) is 5.53. The zero-order chi connectivity index (χ0) is 17.1. The van der Waals surface area contributed by atoms with E-state index >= 15 is 0 Å². The molecule has 2 aromatic carbocycles. The molecule has 3 rings (SSSR count). The summed E-state index contributed by atoms with van der Waals surface area (Å²) in [7, 11) is 3.82. The Labute approximate surface area is 145 Å². The van der Waals surface area contributed by atoms with Gasteiger partial charge in [-0.15, -0.1) is 0 Å². The Kier molecular flexibility index (Phi) is 4.53. The quantitative estimate of drug-likeness (QED) is 0.732. The SMILES string of the molecule is CN(C)c1cc(NC(=O)Nc2cccc(Cl)c2)c2ccccc2n1. The third-order valence-electron chi connectivity index (χ3n) is 3.49. The number of hydrogen-bond donors (Lipinski definition) is 2. The first-order chi connectivity index (χ1) is 11.5. The molecule has 1 heterocycles. The molecule has 1 aromatic heterocycles. The van der Waals surface area contributed by atoms with E-state index in [1.165, 1.54) is 0 Å². The number of pyridine rings is 1. The van der Waals surface area contributed by atoms with Crippen molar-refractivity contribution in [1.82, 2.24) is 4.98 Å². The molecular weight excluding hydrogens is 324 g/mol. The monoisotopic (exact) mass is 340 g/mol. The number of halogens is 1. The standard InChI is InChI=1S/C18H17ClN4O/c1-23(2)17-11-16(14-8-3-4-9-15(14)21-17)22-18(24)20-13-7-5-6-12(19)10-13/h3-11H,1-2H3,(H2,20,21,22,24). The molecule has 24 heavy (non-hydrogen) atoms. The number of anilines is 3. The molecule has 0 spiro atoms. The van der Waals surface area contributed by atoms with Crippen LogP contribution in [-0.4, -0.2) is 25.1 Å². The number of rotatable bonds is 3. The van der Waals surface area contributed by atoms with Gasteiger partial charge in [-0.2, -0.15) is 0 Å². The molecule has 0 aliphatic rings. The number of fused-ring (bicyclic) bond motifs is 1. The van der Waals surface area contributed by atoms with E-state index in [9.17, 15) is 4.79 Å². The highest BCUT2D eigenvalue weighted by molar-refractivity contribution is 6.30. The van der Waals surface area contributed by atoms with E-state index in [0.29, 0.717) is 16.4 Å². The van der Waals surface area contributed by atoms with Gasteiger partial charge in [-0.1, -0.05) is 35.9 Å². The van der Waals surface area contributed by atoms with Gasteiger partial charge in [0.15, 0.2) is 0 Å². The molecule has 0 atom stereocenters. The summed E-state index contributed by atoms with van der Waals surface area (Å²) in [6.45, 7) is 0. The van der Waals surface area contributed by atoms with Crippen molar-refractivity contribution >= 4 is 45.7 Å². The van der Waals surface area contributed by atoms with Crippen LogP contribution in [0.4, 0.5) is 22.0 Å². The Bertz CT molecular complexity index is 895. The highest BCUT2D eigenvalue weighted by Crippen LogP contribution is 2.26.